The Hall–Kier alpha value is -1.24. The first-order chi connectivity index (χ1) is 9.15. The summed E-state index contributed by atoms with van der Waals surface area (Å²) in [7, 11) is 3.37. The first-order valence-corrected chi connectivity index (χ1v) is 6.41. The number of methoxy groups -OCH3 is 2. The van der Waals surface area contributed by atoms with E-state index in [1.54, 1.807) is 14.2 Å². The van der Waals surface area contributed by atoms with Gasteiger partial charge in [-0.25, -0.2) is 0 Å². The van der Waals surface area contributed by atoms with Crippen LogP contribution < -0.4 is 10.6 Å². The maximum absolute atomic E-state index is 5.86. The van der Waals surface area contributed by atoms with Gasteiger partial charge in [0.15, 0.2) is 5.82 Å². The highest BCUT2D eigenvalue weighted by atomic mass is 16.5. The van der Waals surface area contributed by atoms with E-state index in [0.717, 1.165) is 35.7 Å². The van der Waals surface area contributed by atoms with Crippen LogP contribution in [-0.2, 0) is 16.0 Å². The highest BCUT2D eigenvalue weighted by molar-refractivity contribution is 5.50. The normalized spacial score (nSPS) is 10.8. The number of ether oxygens (including phenoxy) is 2. The van der Waals surface area contributed by atoms with E-state index in [9.17, 15) is 0 Å². The average Bonchev–Trinajstić information content (AvgIpc) is 2.42. The van der Waals surface area contributed by atoms with Crippen LogP contribution in [0.15, 0.2) is 0 Å². The monoisotopic (exact) mass is 268 g/mol. The van der Waals surface area contributed by atoms with Crippen LogP contribution in [0.2, 0.25) is 0 Å². The van der Waals surface area contributed by atoms with Crippen molar-refractivity contribution in [2.75, 3.05) is 45.4 Å². The molecule has 6 nitrogen and oxygen atoms in total. The fourth-order valence-electron chi connectivity index (χ4n) is 1.87. The van der Waals surface area contributed by atoms with E-state index < -0.39 is 0 Å². The molecule has 0 aliphatic carbocycles. The summed E-state index contributed by atoms with van der Waals surface area (Å²) in [4.78, 5) is 2.11. The maximum atomic E-state index is 5.86. The molecule has 0 bridgehead atoms. The van der Waals surface area contributed by atoms with E-state index in [1.807, 2.05) is 13.8 Å². The van der Waals surface area contributed by atoms with Gasteiger partial charge < -0.3 is 20.1 Å². The van der Waals surface area contributed by atoms with E-state index in [0.29, 0.717) is 19.8 Å². The Bertz CT molecular complexity index is 390. The predicted molar refractivity (Wildman–Crippen MR) is 75.4 cm³/mol. The van der Waals surface area contributed by atoms with Gasteiger partial charge in [-0.15, -0.1) is 5.10 Å². The lowest BCUT2D eigenvalue weighted by atomic mass is 10.1. The molecule has 1 aromatic rings. The second-order valence-electron chi connectivity index (χ2n) is 4.39. The summed E-state index contributed by atoms with van der Waals surface area (Å²) in [6, 6.07) is 0. The van der Waals surface area contributed by atoms with Gasteiger partial charge in [0, 0.05) is 39.4 Å². The Balaban J connectivity index is 3.02. The molecule has 19 heavy (non-hydrogen) atoms. The van der Waals surface area contributed by atoms with Crippen molar-refractivity contribution in [2.45, 2.75) is 20.4 Å². The molecule has 0 unspecified atom stereocenters. The number of hydrogen-bond acceptors (Lipinski definition) is 6. The molecule has 0 saturated heterocycles. The Kier molecular flexibility index (Phi) is 6.69. The number of rotatable bonds is 8. The third-order valence-corrected chi connectivity index (χ3v) is 3.19. The van der Waals surface area contributed by atoms with Crippen LogP contribution in [-0.4, -0.2) is 50.7 Å². The Morgan fingerprint density at radius 1 is 1.05 bits per heavy atom. The molecule has 108 valence electrons. The molecule has 0 amide bonds. The van der Waals surface area contributed by atoms with Crippen molar-refractivity contribution in [3.8, 4) is 0 Å². The lowest BCUT2D eigenvalue weighted by Crippen LogP contribution is -2.33. The fourth-order valence-corrected chi connectivity index (χ4v) is 1.87. The van der Waals surface area contributed by atoms with Gasteiger partial charge in [0.1, 0.15) is 0 Å². The van der Waals surface area contributed by atoms with Gasteiger partial charge >= 0.3 is 0 Å². The van der Waals surface area contributed by atoms with Gasteiger partial charge in [-0.3, -0.25) is 0 Å². The lowest BCUT2D eigenvalue weighted by Gasteiger charge is -2.25. The van der Waals surface area contributed by atoms with Crippen LogP contribution in [0.3, 0.4) is 0 Å². The molecule has 0 aromatic carbocycles. The van der Waals surface area contributed by atoms with Gasteiger partial charge in [-0.2, -0.15) is 5.10 Å². The maximum Gasteiger partial charge on any atom is 0.156 e. The van der Waals surface area contributed by atoms with Crippen LogP contribution in [0, 0.1) is 13.8 Å². The van der Waals surface area contributed by atoms with Crippen LogP contribution in [0.1, 0.15) is 16.8 Å². The minimum Gasteiger partial charge on any atom is -0.383 e. The molecule has 2 N–H and O–H groups in total. The van der Waals surface area contributed by atoms with Crippen LogP contribution in [0.5, 0.6) is 0 Å². The topological polar surface area (TPSA) is 73.5 Å². The number of aromatic nitrogens is 2. The molecule has 0 spiro atoms. The van der Waals surface area contributed by atoms with Gasteiger partial charge in [0.25, 0.3) is 0 Å². The summed E-state index contributed by atoms with van der Waals surface area (Å²) in [6.45, 7) is 7.16. The van der Waals surface area contributed by atoms with Crippen LogP contribution in [0.4, 0.5) is 5.82 Å². The van der Waals surface area contributed by atoms with Crippen molar-refractivity contribution in [3.63, 3.8) is 0 Å². The Morgan fingerprint density at radius 3 is 2.11 bits per heavy atom. The van der Waals surface area contributed by atoms with E-state index in [1.165, 1.54) is 0 Å². The van der Waals surface area contributed by atoms with Crippen LogP contribution >= 0.6 is 0 Å². The standard InChI is InChI=1S/C13H24N4O2/c1-10-11(2)15-16-13(12(10)9-14)17(5-7-18-3)6-8-19-4/h5-9,14H2,1-4H3. The van der Waals surface area contributed by atoms with Crippen molar-refractivity contribution < 1.29 is 9.47 Å². The molecule has 0 aliphatic rings. The fraction of sp³-hybridized carbons (Fsp3) is 0.692. The first kappa shape index (κ1) is 15.8. The Labute approximate surface area is 114 Å². The summed E-state index contributed by atoms with van der Waals surface area (Å²) in [5.41, 5.74) is 8.92. The van der Waals surface area contributed by atoms with Crippen LogP contribution in [0.25, 0.3) is 0 Å². The van der Waals surface area contributed by atoms with Gasteiger partial charge in [0.05, 0.1) is 18.9 Å². The quantitative estimate of drug-likeness (QED) is 0.746. The summed E-state index contributed by atoms with van der Waals surface area (Å²) < 4.78 is 10.3. The van der Waals surface area contributed by atoms with E-state index in [2.05, 4.69) is 15.1 Å². The molecule has 0 radical (unpaired) electrons. The first-order valence-electron chi connectivity index (χ1n) is 6.41. The van der Waals surface area contributed by atoms with Crippen molar-refractivity contribution >= 4 is 5.82 Å². The number of hydrogen-bond donors (Lipinski definition) is 1. The number of nitrogens with zero attached hydrogens (tertiary/aromatic N) is 3. The zero-order valence-corrected chi connectivity index (χ0v) is 12.3. The summed E-state index contributed by atoms with van der Waals surface area (Å²) in [6.07, 6.45) is 0. The largest absolute Gasteiger partial charge is 0.383 e. The summed E-state index contributed by atoms with van der Waals surface area (Å²) in [5.74, 6) is 0.833. The lowest BCUT2D eigenvalue weighted by molar-refractivity contribution is 0.190. The third kappa shape index (κ3) is 4.12. The second-order valence-corrected chi connectivity index (χ2v) is 4.39. The molecule has 0 aliphatic heterocycles. The highest BCUT2D eigenvalue weighted by Gasteiger charge is 2.16. The molecule has 1 heterocycles. The molecule has 6 heteroatoms. The highest BCUT2D eigenvalue weighted by Crippen LogP contribution is 2.21. The molecule has 0 atom stereocenters. The van der Waals surface area contributed by atoms with E-state index in [-0.39, 0.29) is 0 Å². The molecule has 0 saturated carbocycles. The van der Waals surface area contributed by atoms with E-state index in [4.69, 9.17) is 15.2 Å². The molecule has 1 rings (SSSR count). The summed E-state index contributed by atoms with van der Waals surface area (Å²) >= 11 is 0. The zero-order valence-electron chi connectivity index (χ0n) is 12.3. The minimum atomic E-state index is 0.452. The smallest absolute Gasteiger partial charge is 0.156 e. The molecule has 0 fully saturated rings. The minimum absolute atomic E-state index is 0.452. The SMILES string of the molecule is COCCN(CCOC)c1nnc(C)c(C)c1CN. The van der Waals surface area contributed by atoms with Gasteiger partial charge in [-0.05, 0) is 19.4 Å². The van der Waals surface area contributed by atoms with Crippen molar-refractivity contribution in [3.05, 3.63) is 16.8 Å². The Morgan fingerprint density at radius 2 is 1.63 bits per heavy atom. The molecular formula is C13H24N4O2. The molecule has 1 aromatic heterocycles. The average molecular weight is 268 g/mol. The number of aryl methyl sites for hydroxylation is 1. The van der Waals surface area contributed by atoms with Gasteiger partial charge in [-0.1, -0.05) is 0 Å². The predicted octanol–water partition coefficient (Wildman–Crippen LogP) is 0.651. The molecular weight excluding hydrogens is 244 g/mol. The third-order valence-electron chi connectivity index (χ3n) is 3.19. The van der Waals surface area contributed by atoms with Crippen molar-refractivity contribution in [1.82, 2.24) is 10.2 Å². The number of nitrogens with two attached hydrogens (primary N) is 1. The second kappa shape index (κ2) is 8.04. The number of anilines is 1. The van der Waals surface area contributed by atoms with Gasteiger partial charge in [0.2, 0.25) is 0 Å². The zero-order chi connectivity index (χ0) is 14.3. The van der Waals surface area contributed by atoms with Crippen molar-refractivity contribution in [1.29, 1.82) is 0 Å². The summed E-state index contributed by atoms with van der Waals surface area (Å²) in [5, 5.41) is 8.50. The van der Waals surface area contributed by atoms with Crippen molar-refractivity contribution in [2.24, 2.45) is 5.73 Å². The van der Waals surface area contributed by atoms with E-state index >= 15 is 0 Å².